The van der Waals surface area contributed by atoms with Crippen molar-refractivity contribution in [2.45, 2.75) is 26.4 Å². The maximum atomic E-state index is 9.19. The van der Waals surface area contributed by atoms with Gasteiger partial charge in [-0.2, -0.15) is 8.42 Å². The van der Waals surface area contributed by atoms with Gasteiger partial charge in [0, 0.05) is 0 Å². The first-order valence-electron chi connectivity index (χ1n) is 4.37. The first-order valence-corrected chi connectivity index (χ1v) is 6.21. The van der Waals surface area contributed by atoms with E-state index in [4.69, 9.17) is 14.0 Å². The highest BCUT2D eigenvalue weighted by Crippen LogP contribution is 2.10. The van der Waals surface area contributed by atoms with Gasteiger partial charge in [0.05, 0.1) is 12.8 Å². The minimum Gasteiger partial charge on any atom is -0.449 e. The molecule has 0 saturated carbocycles. The fraction of sp³-hybridized carbons (Fsp3) is 0.875. The van der Waals surface area contributed by atoms with Gasteiger partial charge in [-0.15, -0.1) is 0 Å². The summed E-state index contributed by atoms with van der Waals surface area (Å²) in [7, 11) is -3.67. The molecule has 7 heteroatoms. The minimum atomic E-state index is -3.67. The van der Waals surface area contributed by atoms with Gasteiger partial charge in [0.1, 0.15) is 12.2 Å². The van der Waals surface area contributed by atoms with Crippen LogP contribution in [0.15, 0.2) is 4.99 Å². The third kappa shape index (κ3) is 13.2. The molecule has 1 aliphatic heterocycles. The van der Waals surface area contributed by atoms with Crippen LogP contribution in [0.3, 0.4) is 0 Å². The molecule has 0 fully saturated rings. The predicted octanol–water partition coefficient (Wildman–Crippen LogP) is 0.692. The number of hydrogen-bond donors (Lipinski definition) is 1. The van der Waals surface area contributed by atoms with Gasteiger partial charge in [-0.1, -0.05) is 0 Å². The molecule has 0 bridgehead atoms. The Bertz CT molecular complexity index is 306. The van der Waals surface area contributed by atoms with E-state index in [1.54, 1.807) is 0 Å². The van der Waals surface area contributed by atoms with E-state index in [1.807, 2.05) is 20.8 Å². The lowest BCUT2D eigenvalue weighted by molar-refractivity contribution is 0.0689. The molecular weight excluding hydrogens is 222 g/mol. The quantitative estimate of drug-likeness (QED) is 0.629. The van der Waals surface area contributed by atoms with E-state index in [1.165, 1.54) is 0 Å². The van der Waals surface area contributed by atoms with Crippen molar-refractivity contribution in [1.82, 2.24) is 0 Å². The Balaban J connectivity index is 0.000000336. The van der Waals surface area contributed by atoms with E-state index in [-0.39, 0.29) is 5.60 Å². The van der Waals surface area contributed by atoms with Gasteiger partial charge in [0.15, 0.2) is 0 Å². The zero-order valence-electron chi connectivity index (χ0n) is 9.35. The zero-order chi connectivity index (χ0) is 12.1. The van der Waals surface area contributed by atoms with Crippen molar-refractivity contribution in [1.29, 1.82) is 0 Å². The molecule has 1 rings (SSSR count). The van der Waals surface area contributed by atoms with Crippen molar-refractivity contribution >= 4 is 16.2 Å². The lowest BCUT2D eigenvalue weighted by atomic mass is 10.2. The Kier molecular flexibility index (Phi) is 5.02. The van der Waals surface area contributed by atoms with E-state index in [2.05, 4.69) is 4.99 Å². The van der Waals surface area contributed by atoms with E-state index < -0.39 is 10.1 Å². The molecule has 90 valence electrons. The van der Waals surface area contributed by atoms with Crippen LogP contribution in [-0.4, -0.2) is 44.1 Å². The van der Waals surface area contributed by atoms with Crippen molar-refractivity contribution in [3.63, 3.8) is 0 Å². The summed E-state index contributed by atoms with van der Waals surface area (Å²) < 4.78 is 36.3. The lowest BCUT2D eigenvalue weighted by Gasteiger charge is -2.19. The molecule has 15 heavy (non-hydrogen) atoms. The third-order valence-electron chi connectivity index (χ3n) is 0.951. The summed E-state index contributed by atoms with van der Waals surface area (Å²) in [5.74, 6) is 0. The van der Waals surface area contributed by atoms with Gasteiger partial charge in [0.25, 0.3) is 10.1 Å². The number of rotatable bonds is 0. The summed E-state index contributed by atoms with van der Waals surface area (Å²) in [6.45, 7) is 7.29. The molecule has 1 N–H and O–H groups in total. The second-order valence-corrected chi connectivity index (χ2v) is 5.41. The van der Waals surface area contributed by atoms with Crippen LogP contribution in [0.25, 0.3) is 0 Å². The molecule has 0 unspecified atom stereocenters. The Morgan fingerprint density at radius 1 is 1.47 bits per heavy atom. The number of nitrogens with zero attached hydrogens (tertiary/aromatic N) is 1. The fourth-order valence-corrected chi connectivity index (χ4v) is 0.639. The zero-order valence-corrected chi connectivity index (χ0v) is 10.2. The Morgan fingerprint density at radius 2 is 1.93 bits per heavy atom. The van der Waals surface area contributed by atoms with Crippen LogP contribution in [0.1, 0.15) is 20.8 Å². The molecule has 0 amide bonds. The smallest absolute Gasteiger partial charge is 0.384 e. The van der Waals surface area contributed by atoms with Crippen LogP contribution in [-0.2, 0) is 19.6 Å². The van der Waals surface area contributed by atoms with E-state index in [0.717, 1.165) is 6.54 Å². The predicted molar refractivity (Wildman–Crippen MR) is 56.6 cm³/mol. The van der Waals surface area contributed by atoms with Crippen LogP contribution < -0.4 is 0 Å². The van der Waals surface area contributed by atoms with Crippen molar-refractivity contribution < 1.29 is 22.4 Å². The second kappa shape index (κ2) is 5.32. The number of aliphatic imine (C=N–C) groups is 1. The second-order valence-electron chi connectivity index (χ2n) is 3.94. The molecule has 0 saturated heterocycles. The van der Waals surface area contributed by atoms with Gasteiger partial charge >= 0.3 is 6.08 Å². The van der Waals surface area contributed by atoms with E-state index in [0.29, 0.717) is 18.9 Å². The molecule has 0 aliphatic carbocycles. The van der Waals surface area contributed by atoms with Gasteiger partial charge in [-0.05, 0) is 20.8 Å². The topological polar surface area (TPSA) is 85.2 Å². The highest BCUT2D eigenvalue weighted by Gasteiger charge is 2.17. The number of hydrogen-bond acceptors (Lipinski definition) is 5. The van der Waals surface area contributed by atoms with Crippen molar-refractivity contribution in [3.05, 3.63) is 0 Å². The molecule has 0 aromatic carbocycles. The Morgan fingerprint density at radius 3 is 2.20 bits per heavy atom. The fourth-order valence-electron chi connectivity index (χ4n) is 0.639. The molecule has 0 atom stereocenters. The van der Waals surface area contributed by atoms with Crippen molar-refractivity contribution in [2.24, 2.45) is 4.99 Å². The monoisotopic (exact) mass is 239 g/mol. The third-order valence-corrected chi connectivity index (χ3v) is 0.951. The van der Waals surface area contributed by atoms with Crippen LogP contribution in [0, 0.1) is 0 Å². The highest BCUT2D eigenvalue weighted by molar-refractivity contribution is 7.85. The van der Waals surface area contributed by atoms with Crippen molar-refractivity contribution in [2.75, 3.05) is 19.4 Å². The summed E-state index contributed by atoms with van der Waals surface area (Å²) in [5, 5.41) is 0. The summed E-state index contributed by atoms with van der Waals surface area (Å²) in [6.07, 6.45) is 1.15. The maximum Gasteiger partial charge on any atom is 0.384 e. The SMILES string of the molecule is CC(C)(C)OC1=NCCO1.CS(=O)(=O)O. The first-order chi connectivity index (χ1) is 6.58. The standard InChI is InChI=1S/C7H13NO2.CH4O3S/c1-7(2,3)10-6-8-4-5-9-6;1-5(2,3)4/h4-5H2,1-3H3;1H3,(H,2,3,4). The van der Waals surface area contributed by atoms with Crippen LogP contribution in [0.5, 0.6) is 0 Å². The Labute approximate surface area is 90.0 Å². The highest BCUT2D eigenvalue weighted by atomic mass is 32.2. The molecule has 1 aliphatic rings. The average Bonchev–Trinajstić information content (AvgIpc) is 2.30. The lowest BCUT2D eigenvalue weighted by Crippen LogP contribution is -2.23. The van der Waals surface area contributed by atoms with Gasteiger partial charge in [0.2, 0.25) is 0 Å². The molecule has 0 radical (unpaired) electrons. The van der Waals surface area contributed by atoms with Crippen molar-refractivity contribution in [3.8, 4) is 0 Å². The molecule has 1 heterocycles. The van der Waals surface area contributed by atoms with Gasteiger partial charge in [-0.25, -0.2) is 4.99 Å². The molecule has 0 aromatic rings. The minimum absolute atomic E-state index is 0.191. The molecule has 6 nitrogen and oxygen atoms in total. The summed E-state index contributed by atoms with van der Waals surface area (Å²) >= 11 is 0. The molecule has 0 spiro atoms. The van der Waals surface area contributed by atoms with Gasteiger partial charge in [-0.3, -0.25) is 4.55 Å². The first kappa shape index (κ1) is 14.2. The van der Waals surface area contributed by atoms with Crippen LogP contribution in [0.2, 0.25) is 0 Å². The largest absolute Gasteiger partial charge is 0.449 e. The summed E-state index contributed by atoms with van der Waals surface area (Å²) in [5.41, 5.74) is -0.191. The Hall–Kier alpha value is -0.820. The van der Waals surface area contributed by atoms with Crippen LogP contribution >= 0.6 is 0 Å². The summed E-state index contributed by atoms with van der Waals surface area (Å²) in [4.78, 5) is 3.99. The van der Waals surface area contributed by atoms with E-state index >= 15 is 0 Å². The molecular formula is C8H17NO5S. The average molecular weight is 239 g/mol. The van der Waals surface area contributed by atoms with Gasteiger partial charge < -0.3 is 9.47 Å². The maximum absolute atomic E-state index is 9.19. The normalized spacial score (nSPS) is 15.9. The molecule has 0 aromatic heterocycles. The number of ether oxygens (including phenoxy) is 2. The van der Waals surface area contributed by atoms with E-state index in [9.17, 15) is 8.42 Å². The summed E-state index contributed by atoms with van der Waals surface area (Å²) in [6, 6.07) is 0. The van der Waals surface area contributed by atoms with Crippen LogP contribution in [0.4, 0.5) is 0 Å².